The Balaban J connectivity index is 1.24. The van der Waals surface area contributed by atoms with Crippen molar-refractivity contribution in [1.29, 1.82) is 0 Å². The lowest BCUT2D eigenvalue weighted by Gasteiger charge is -2.31. The maximum atomic E-state index is 12.8. The van der Waals surface area contributed by atoms with Crippen LogP contribution in [-0.2, 0) is 6.42 Å². The smallest absolute Gasteiger partial charge is 0.274 e. The molecular weight excluding hydrogens is 346 g/mol. The van der Waals surface area contributed by atoms with Crippen molar-refractivity contribution in [3.8, 4) is 11.5 Å². The number of likely N-dealkylation sites (tertiary alicyclic amines) is 1. The molecule has 0 spiro atoms. The van der Waals surface area contributed by atoms with Gasteiger partial charge in [0.15, 0.2) is 17.3 Å². The summed E-state index contributed by atoms with van der Waals surface area (Å²) in [6, 6.07) is 5.38. The van der Waals surface area contributed by atoms with Crippen molar-refractivity contribution in [2.75, 3.05) is 13.1 Å². The molecule has 3 aromatic rings. The van der Waals surface area contributed by atoms with E-state index in [1.54, 1.807) is 18.4 Å². The summed E-state index contributed by atoms with van der Waals surface area (Å²) in [5, 5.41) is 11.1. The molecule has 2 aliphatic rings. The molecule has 1 aliphatic carbocycles. The molecule has 4 heterocycles. The van der Waals surface area contributed by atoms with E-state index >= 15 is 0 Å². The highest BCUT2D eigenvalue weighted by atomic mass is 16.5. The maximum Gasteiger partial charge on any atom is 0.274 e. The van der Waals surface area contributed by atoms with Crippen molar-refractivity contribution in [3.05, 3.63) is 41.9 Å². The molecule has 0 aromatic carbocycles. The minimum atomic E-state index is -0.0574. The molecule has 27 heavy (non-hydrogen) atoms. The molecule has 1 atom stereocenters. The highest BCUT2D eigenvalue weighted by Crippen LogP contribution is 2.38. The number of aromatic nitrogens is 4. The van der Waals surface area contributed by atoms with Crippen LogP contribution in [0.1, 0.15) is 53.8 Å². The lowest BCUT2D eigenvalue weighted by molar-refractivity contribution is 0.0662. The standard InChI is InChI=1S/C19H21N5O3/c25-19(15-10-14(21-22-15)16-4-2-8-26-16)24-7-1-3-12(11-24)9-17-20-18(23-27-17)13-5-6-13/h2,4,8,10,12-13H,1,3,5-7,9,11H2,(H,21,22)/t12-/m1/s1. The van der Waals surface area contributed by atoms with Crippen LogP contribution in [0.2, 0.25) is 0 Å². The number of rotatable bonds is 5. The van der Waals surface area contributed by atoms with Gasteiger partial charge in [-0.2, -0.15) is 10.1 Å². The number of carbonyl (C=O) groups excluding carboxylic acids is 1. The molecule has 140 valence electrons. The number of aromatic amines is 1. The lowest BCUT2D eigenvalue weighted by atomic mass is 9.94. The zero-order valence-corrected chi connectivity index (χ0v) is 14.9. The summed E-state index contributed by atoms with van der Waals surface area (Å²) >= 11 is 0. The predicted octanol–water partition coefficient (Wildman–Crippen LogP) is 3.03. The van der Waals surface area contributed by atoms with Gasteiger partial charge in [-0.1, -0.05) is 5.16 Å². The fourth-order valence-corrected chi connectivity index (χ4v) is 3.67. The van der Waals surface area contributed by atoms with E-state index in [0.29, 0.717) is 41.4 Å². The first-order chi connectivity index (χ1) is 13.3. The summed E-state index contributed by atoms with van der Waals surface area (Å²) in [7, 11) is 0. The molecule has 1 aliphatic heterocycles. The predicted molar refractivity (Wildman–Crippen MR) is 94.9 cm³/mol. The second-order valence-electron chi connectivity index (χ2n) is 7.43. The van der Waals surface area contributed by atoms with Crippen molar-refractivity contribution in [3.63, 3.8) is 0 Å². The van der Waals surface area contributed by atoms with Crippen LogP contribution < -0.4 is 0 Å². The molecule has 5 rings (SSSR count). The minimum absolute atomic E-state index is 0.0574. The number of carbonyl (C=O) groups is 1. The summed E-state index contributed by atoms with van der Waals surface area (Å²) in [5.74, 6) is 2.97. The summed E-state index contributed by atoms with van der Waals surface area (Å²) in [6.07, 6.45) is 6.67. The van der Waals surface area contributed by atoms with Crippen LogP contribution in [0.3, 0.4) is 0 Å². The van der Waals surface area contributed by atoms with Crippen LogP contribution >= 0.6 is 0 Å². The van der Waals surface area contributed by atoms with Gasteiger partial charge in [-0.3, -0.25) is 9.89 Å². The lowest BCUT2D eigenvalue weighted by Crippen LogP contribution is -2.40. The van der Waals surface area contributed by atoms with Gasteiger partial charge in [0.05, 0.1) is 6.26 Å². The van der Waals surface area contributed by atoms with Crippen LogP contribution in [0.25, 0.3) is 11.5 Å². The van der Waals surface area contributed by atoms with Crippen molar-refractivity contribution in [2.45, 2.75) is 38.0 Å². The third-order valence-electron chi connectivity index (χ3n) is 5.28. The van der Waals surface area contributed by atoms with Crippen molar-refractivity contribution < 1.29 is 13.7 Å². The number of hydrogen-bond donors (Lipinski definition) is 1. The van der Waals surface area contributed by atoms with Gasteiger partial charge < -0.3 is 13.8 Å². The molecule has 8 heteroatoms. The van der Waals surface area contributed by atoms with Gasteiger partial charge in [-0.15, -0.1) is 0 Å². The fourth-order valence-electron chi connectivity index (χ4n) is 3.67. The quantitative estimate of drug-likeness (QED) is 0.744. The van der Waals surface area contributed by atoms with Gasteiger partial charge >= 0.3 is 0 Å². The monoisotopic (exact) mass is 367 g/mol. The molecule has 1 saturated carbocycles. The van der Waals surface area contributed by atoms with E-state index in [4.69, 9.17) is 8.94 Å². The SMILES string of the molecule is O=C(c1cc(-c2ccco2)[nH]n1)N1CCC[C@H](Cc2nc(C3CC3)no2)C1. The number of hydrogen-bond acceptors (Lipinski definition) is 6. The second kappa shape index (κ2) is 6.68. The first kappa shape index (κ1) is 16.3. The maximum absolute atomic E-state index is 12.8. The van der Waals surface area contributed by atoms with Crippen LogP contribution in [0, 0.1) is 5.92 Å². The number of piperidine rings is 1. The van der Waals surface area contributed by atoms with Gasteiger partial charge in [-0.25, -0.2) is 0 Å². The van der Waals surface area contributed by atoms with Gasteiger partial charge in [0.25, 0.3) is 5.91 Å². The molecule has 8 nitrogen and oxygen atoms in total. The fraction of sp³-hybridized carbons (Fsp3) is 0.474. The normalized spacial score (nSPS) is 20.1. The highest BCUT2D eigenvalue weighted by molar-refractivity contribution is 5.93. The van der Waals surface area contributed by atoms with E-state index < -0.39 is 0 Å². The Bertz CT molecular complexity index is 925. The van der Waals surface area contributed by atoms with E-state index in [1.807, 2.05) is 11.0 Å². The van der Waals surface area contributed by atoms with E-state index in [1.165, 1.54) is 0 Å². The van der Waals surface area contributed by atoms with Gasteiger partial charge in [0, 0.05) is 31.5 Å². The molecule has 0 unspecified atom stereocenters. The van der Waals surface area contributed by atoms with E-state index in [-0.39, 0.29) is 5.91 Å². The summed E-state index contributed by atoms with van der Waals surface area (Å²) < 4.78 is 10.7. The molecule has 1 saturated heterocycles. The molecule has 1 amide bonds. The number of furan rings is 1. The van der Waals surface area contributed by atoms with Gasteiger partial charge in [0.2, 0.25) is 5.89 Å². The molecular formula is C19H21N5O3. The average molecular weight is 367 g/mol. The third-order valence-corrected chi connectivity index (χ3v) is 5.28. The Morgan fingerprint density at radius 2 is 2.26 bits per heavy atom. The second-order valence-corrected chi connectivity index (χ2v) is 7.43. The topological polar surface area (TPSA) is 101 Å². The highest BCUT2D eigenvalue weighted by Gasteiger charge is 2.31. The number of nitrogens with one attached hydrogen (secondary N) is 1. The van der Waals surface area contributed by atoms with Gasteiger partial charge in [0.1, 0.15) is 5.69 Å². The number of nitrogens with zero attached hydrogens (tertiary/aromatic N) is 4. The number of H-pyrrole nitrogens is 1. The van der Waals surface area contributed by atoms with Gasteiger partial charge in [-0.05, 0) is 43.7 Å². The Labute approximate surface area is 155 Å². The zero-order chi connectivity index (χ0) is 18.2. The molecule has 3 aromatic heterocycles. The molecule has 0 bridgehead atoms. The van der Waals surface area contributed by atoms with Crippen LogP contribution in [0.15, 0.2) is 33.4 Å². The summed E-state index contributed by atoms with van der Waals surface area (Å²) in [6.45, 7) is 1.43. The Hall–Kier alpha value is -2.90. The third kappa shape index (κ3) is 3.39. The largest absolute Gasteiger partial charge is 0.463 e. The van der Waals surface area contributed by atoms with E-state index in [0.717, 1.165) is 44.5 Å². The van der Waals surface area contributed by atoms with Crippen molar-refractivity contribution in [2.24, 2.45) is 5.92 Å². The Morgan fingerprint density at radius 1 is 1.33 bits per heavy atom. The molecule has 0 radical (unpaired) electrons. The number of amides is 1. The first-order valence-electron chi connectivity index (χ1n) is 9.47. The van der Waals surface area contributed by atoms with E-state index in [9.17, 15) is 4.79 Å². The zero-order valence-electron chi connectivity index (χ0n) is 14.9. The van der Waals surface area contributed by atoms with Crippen LogP contribution in [0.4, 0.5) is 0 Å². The van der Waals surface area contributed by atoms with Crippen molar-refractivity contribution >= 4 is 5.91 Å². The van der Waals surface area contributed by atoms with Crippen molar-refractivity contribution in [1.82, 2.24) is 25.2 Å². The average Bonchev–Trinajstić information content (AvgIpc) is 3.11. The minimum Gasteiger partial charge on any atom is -0.463 e. The Morgan fingerprint density at radius 3 is 3.07 bits per heavy atom. The van der Waals surface area contributed by atoms with Crippen LogP contribution in [0.5, 0.6) is 0 Å². The Kier molecular flexibility index (Phi) is 4.03. The summed E-state index contributed by atoms with van der Waals surface area (Å²) in [5.41, 5.74) is 1.12. The van der Waals surface area contributed by atoms with E-state index in [2.05, 4.69) is 20.3 Å². The first-order valence-corrected chi connectivity index (χ1v) is 9.47. The molecule has 1 N–H and O–H groups in total. The van der Waals surface area contributed by atoms with Crippen LogP contribution in [-0.4, -0.2) is 44.2 Å². The summed E-state index contributed by atoms with van der Waals surface area (Å²) in [4.78, 5) is 19.2. The molecule has 2 fully saturated rings.